The molecule has 0 saturated carbocycles. The molecule has 0 bridgehead atoms. The highest BCUT2D eigenvalue weighted by molar-refractivity contribution is 5.95. The summed E-state index contributed by atoms with van der Waals surface area (Å²) in [4.78, 5) is 33.0. The van der Waals surface area contributed by atoms with Crippen molar-refractivity contribution >= 4 is 17.6 Å². The molecule has 10 heteroatoms. The Bertz CT molecular complexity index is 1140. The maximum absolute atomic E-state index is 15.1. The van der Waals surface area contributed by atoms with Gasteiger partial charge in [-0.3, -0.25) is 4.79 Å². The number of carbonyl (C=O) groups is 2. The van der Waals surface area contributed by atoms with E-state index in [1.807, 2.05) is 29.7 Å². The summed E-state index contributed by atoms with van der Waals surface area (Å²) < 4.78 is 27.7. The van der Waals surface area contributed by atoms with Crippen molar-refractivity contribution in [2.45, 2.75) is 19.4 Å². The Morgan fingerprint density at radius 1 is 1.45 bits per heavy atom. The van der Waals surface area contributed by atoms with E-state index in [-0.39, 0.29) is 17.4 Å². The van der Waals surface area contributed by atoms with Crippen LogP contribution in [0.1, 0.15) is 21.6 Å². The molecule has 1 aliphatic rings. The fourth-order valence-corrected chi connectivity index (χ4v) is 3.82. The third-order valence-corrected chi connectivity index (χ3v) is 5.40. The molecular formula is C21H24FN5O4. The molecule has 1 fully saturated rings. The largest absolute Gasteiger partial charge is 0.453 e. The molecule has 0 aromatic carbocycles. The molecule has 3 aromatic rings. The lowest BCUT2D eigenvalue weighted by molar-refractivity contribution is -0.0241. The van der Waals surface area contributed by atoms with Gasteiger partial charge in [-0.25, -0.2) is 14.2 Å². The van der Waals surface area contributed by atoms with Gasteiger partial charge in [-0.05, 0) is 24.6 Å². The van der Waals surface area contributed by atoms with Gasteiger partial charge in [0.25, 0.3) is 5.91 Å². The van der Waals surface area contributed by atoms with Crippen LogP contribution in [-0.4, -0.2) is 71.2 Å². The van der Waals surface area contributed by atoms with E-state index in [1.54, 1.807) is 4.90 Å². The van der Waals surface area contributed by atoms with Crippen molar-refractivity contribution in [2.75, 3.05) is 33.9 Å². The fraction of sp³-hybridized carbons (Fsp3) is 0.381. The Balaban J connectivity index is 1.75. The van der Waals surface area contributed by atoms with Gasteiger partial charge >= 0.3 is 6.09 Å². The molecule has 1 aliphatic heterocycles. The van der Waals surface area contributed by atoms with E-state index >= 15 is 4.39 Å². The topological polar surface area (TPSA) is 101 Å². The van der Waals surface area contributed by atoms with Crippen LogP contribution in [0, 0.1) is 12.7 Å². The van der Waals surface area contributed by atoms with Crippen molar-refractivity contribution in [1.82, 2.24) is 24.6 Å². The third-order valence-electron chi connectivity index (χ3n) is 5.40. The first-order valence-corrected chi connectivity index (χ1v) is 9.94. The van der Waals surface area contributed by atoms with E-state index in [9.17, 15) is 9.59 Å². The number of pyridine rings is 1. The van der Waals surface area contributed by atoms with Crippen LogP contribution in [0.2, 0.25) is 0 Å². The molecule has 0 radical (unpaired) electrons. The molecule has 3 aromatic heterocycles. The highest BCUT2D eigenvalue weighted by Crippen LogP contribution is 2.29. The van der Waals surface area contributed by atoms with Gasteiger partial charge in [0.2, 0.25) is 0 Å². The first kappa shape index (κ1) is 20.9. The van der Waals surface area contributed by atoms with Crippen molar-refractivity contribution in [3.05, 3.63) is 47.2 Å². The van der Waals surface area contributed by atoms with E-state index in [1.165, 1.54) is 20.4 Å². The maximum Gasteiger partial charge on any atom is 0.409 e. The van der Waals surface area contributed by atoms with Crippen LogP contribution in [-0.2, 0) is 15.9 Å². The quantitative estimate of drug-likeness (QED) is 0.662. The number of ether oxygens (including phenoxy) is 2. The summed E-state index contributed by atoms with van der Waals surface area (Å²) in [5.41, 5.74) is 2.84. The SMILES string of the molecule is CNC(=O)c1c[nH]c(-c2nc3cc(C)ccn3c2C[C@H]2CN(C(=O)OC)CCO2)c1F. The number of H-pyrrole nitrogens is 1. The van der Waals surface area contributed by atoms with Crippen LogP contribution in [0.5, 0.6) is 0 Å². The minimum Gasteiger partial charge on any atom is -0.453 e. The summed E-state index contributed by atoms with van der Waals surface area (Å²) in [5, 5.41) is 2.43. The number of aromatic nitrogens is 3. The predicted octanol–water partition coefficient (Wildman–Crippen LogP) is 2.15. The van der Waals surface area contributed by atoms with Crippen molar-refractivity contribution in [3.8, 4) is 11.4 Å². The number of methoxy groups -OCH3 is 1. The lowest BCUT2D eigenvalue weighted by Crippen LogP contribution is -2.46. The summed E-state index contributed by atoms with van der Waals surface area (Å²) in [6, 6.07) is 3.83. The second-order valence-electron chi connectivity index (χ2n) is 7.42. The lowest BCUT2D eigenvalue weighted by atomic mass is 10.1. The maximum atomic E-state index is 15.1. The van der Waals surface area contributed by atoms with Crippen molar-refractivity contribution in [1.29, 1.82) is 0 Å². The second-order valence-corrected chi connectivity index (χ2v) is 7.42. The number of fused-ring (bicyclic) bond motifs is 1. The zero-order chi connectivity index (χ0) is 22.1. The molecule has 4 rings (SSSR count). The predicted molar refractivity (Wildman–Crippen MR) is 110 cm³/mol. The number of nitrogens with one attached hydrogen (secondary N) is 2. The number of halogens is 1. The Hall–Kier alpha value is -3.40. The molecule has 0 aliphatic carbocycles. The van der Waals surface area contributed by atoms with Crippen molar-refractivity contribution in [3.63, 3.8) is 0 Å². The number of morpholine rings is 1. The molecule has 2 N–H and O–H groups in total. The van der Waals surface area contributed by atoms with Gasteiger partial charge in [0, 0.05) is 32.4 Å². The highest BCUT2D eigenvalue weighted by Gasteiger charge is 2.29. The average molecular weight is 429 g/mol. The summed E-state index contributed by atoms with van der Waals surface area (Å²) in [7, 11) is 2.79. The number of amides is 2. The van der Waals surface area contributed by atoms with Gasteiger partial charge in [0.15, 0.2) is 5.82 Å². The molecule has 9 nitrogen and oxygen atoms in total. The van der Waals surface area contributed by atoms with Gasteiger partial charge in [0.05, 0.1) is 37.6 Å². The van der Waals surface area contributed by atoms with E-state index in [2.05, 4.69) is 15.3 Å². The summed E-state index contributed by atoms with van der Waals surface area (Å²) in [5.74, 6) is -1.19. The van der Waals surface area contributed by atoms with Gasteiger partial charge in [-0.15, -0.1) is 0 Å². The number of hydrogen-bond donors (Lipinski definition) is 2. The van der Waals surface area contributed by atoms with Crippen LogP contribution < -0.4 is 5.32 Å². The lowest BCUT2D eigenvalue weighted by Gasteiger charge is -2.32. The minimum absolute atomic E-state index is 0.0810. The Kier molecular flexibility index (Phi) is 5.64. The van der Waals surface area contributed by atoms with Crippen molar-refractivity contribution < 1.29 is 23.5 Å². The molecular weight excluding hydrogens is 405 g/mol. The van der Waals surface area contributed by atoms with Crippen LogP contribution in [0.3, 0.4) is 0 Å². The number of rotatable bonds is 4. The standard InChI is InChI=1S/C21H24FN5O4/c1-12-4-5-27-15(9-13-11-26(6-7-31-13)21(29)30-3)18(25-16(27)8-12)19-17(22)14(10-24-19)20(28)23-2/h4-5,8,10,13,24H,6-7,9,11H2,1-3H3,(H,23,28)/t13-/m0/s1. The number of aryl methyl sites for hydroxylation is 1. The molecule has 1 saturated heterocycles. The van der Waals surface area contributed by atoms with Gasteiger partial charge < -0.3 is 29.1 Å². The summed E-state index contributed by atoms with van der Waals surface area (Å²) in [6.07, 6.45) is 2.87. The first-order chi connectivity index (χ1) is 14.9. The molecule has 2 amide bonds. The Labute approximate surface area is 178 Å². The van der Waals surface area contributed by atoms with Gasteiger partial charge in [-0.1, -0.05) is 0 Å². The normalized spacial score (nSPS) is 16.5. The molecule has 0 spiro atoms. The minimum atomic E-state index is -0.665. The number of hydrogen-bond acceptors (Lipinski definition) is 5. The number of imidazole rings is 1. The van der Waals surface area contributed by atoms with E-state index in [4.69, 9.17) is 9.47 Å². The molecule has 164 valence electrons. The van der Waals surface area contributed by atoms with E-state index < -0.39 is 17.8 Å². The summed E-state index contributed by atoms with van der Waals surface area (Å²) >= 11 is 0. The monoisotopic (exact) mass is 429 g/mol. The number of nitrogens with zero attached hydrogens (tertiary/aromatic N) is 3. The van der Waals surface area contributed by atoms with Crippen LogP contribution in [0.4, 0.5) is 9.18 Å². The molecule has 4 heterocycles. The van der Waals surface area contributed by atoms with Crippen LogP contribution >= 0.6 is 0 Å². The molecule has 31 heavy (non-hydrogen) atoms. The number of carbonyl (C=O) groups excluding carboxylic acids is 2. The zero-order valence-corrected chi connectivity index (χ0v) is 17.6. The van der Waals surface area contributed by atoms with Crippen LogP contribution in [0.15, 0.2) is 24.5 Å². The zero-order valence-electron chi connectivity index (χ0n) is 17.6. The Morgan fingerprint density at radius 2 is 2.26 bits per heavy atom. The van der Waals surface area contributed by atoms with E-state index in [0.29, 0.717) is 37.5 Å². The Morgan fingerprint density at radius 3 is 3.00 bits per heavy atom. The summed E-state index contributed by atoms with van der Waals surface area (Å²) in [6.45, 7) is 3.12. The van der Waals surface area contributed by atoms with E-state index in [0.717, 1.165) is 11.3 Å². The first-order valence-electron chi connectivity index (χ1n) is 9.94. The molecule has 1 atom stereocenters. The van der Waals surface area contributed by atoms with Gasteiger partial charge in [0.1, 0.15) is 17.0 Å². The second kappa shape index (κ2) is 8.38. The smallest absolute Gasteiger partial charge is 0.409 e. The molecule has 0 unspecified atom stereocenters. The fourth-order valence-electron chi connectivity index (χ4n) is 3.82. The van der Waals surface area contributed by atoms with Crippen LogP contribution in [0.25, 0.3) is 17.0 Å². The third kappa shape index (κ3) is 3.86. The van der Waals surface area contributed by atoms with Gasteiger partial charge in [-0.2, -0.15) is 0 Å². The van der Waals surface area contributed by atoms with Crippen molar-refractivity contribution in [2.24, 2.45) is 0 Å². The number of aromatic amines is 1. The average Bonchev–Trinajstić information content (AvgIpc) is 3.32. The highest BCUT2D eigenvalue weighted by atomic mass is 19.1.